The number of hydrogen-bond donors (Lipinski definition) is 1. The van der Waals surface area contributed by atoms with Gasteiger partial charge in [0.15, 0.2) is 0 Å². The summed E-state index contributed by atoms with van der Waals surface area (Å²) in [6.07, 6.45) is 2.27. The van der Waals surface area contributed by atoms with Gasteiger partial charge in [0.05, 0.1) is 5.52 Å². The van der Waals surface area contributed by atoms with Gasteiger partial charge in [-0.1, -0.05) is 18.6 Å². The van der Waals surface area contributed by atoms with E-state index in [9.17, 15) is 0 Å². The monoisotopic (exact) mass is 190 g/mol. The van der Waals surface area contributed by atoms with Gasteiger partial charge >= 0.3 is 0 Å². The fraction of sp³-hybridized carbons (Fsp3) is 0.400. The van der Waals surface area contributed by atoms with Crippen LogP contribution in [0.3, 0.4) is 0 Å². The van der Waals surface area contributed by atoms with Gasteiger partial charge in [0.2, 0.25) is 0 Å². The Hall–Kier alpha value is -1.58. The molecule has 74 valence electrons. The Balaban J connectivity index is 2.40. The maximum absolute atomic E-state index is 5.71. The summed E-state index contributed by atoms with van der Waals surface area (Å²) in [5.74, 6) is 0. The number of fused-ring (bicyclic) bond motifs is 1. The summed E-state index contributed by atoms with van der Waals surface area (Å²) in [5.41, 5.74) is 8.41. The summed E-state index contributed by atoms with van der Waals surface area (Å²) in [6.45, 7) is 3.07. The third-order valence-electron chi connectivity index (χ3n) is 2.26. The molecule has 0 unspecified atom stereocenters. The van der Waals surface area contributed by atoms with Crippen LogP contribution in [-0.4, -0.2) is 15.0 Å². The van der Waals surface area contributed by atoms with E-state index >= 15 is 0 Å². The van der Waals surface area contributed by atoms with E-state index < -0.39 is 0 Å². The first-order valence-corrected chi connectivity index (χ1v) is 4.90. The summed E-state index contributed by atoms with van der Waals surface area (Å²) in [7, 11) is 0. The quantitative estimate of drug-likeness (QED) is 0.751. The highest BCUT2D eigenvalue weighted by atomic mass is 15.4. The first-order chi connectivity index (χ1) is 6.81. The van der Waals surface area contributed by atoms with Crippen molar-refractivity contribution >= 4 is 16.7 Å². The predicted molar refractivity (Wildman–Crippen MR) is 56.8 cm³/mol. The Morgan fingerprint density at radius 1 is 1.43 bits per heavy atom. The Morgan fingerprint density at radius 2 is 2.29 bits per heavy atom. The molecule has 0 aliphatic heterocycles. The number of nitrogen functional groups attached to an aromatic ring is 1. The molecule has 0 atom stereocenters. The lowest BCUT2D eigenvalue weighted by molar-refractivity contribution is 0.567. The molecule has 2 aromatic rings. The van der Waals surface area contributed by atoms with Crippen LogP contribution in [-0.2, 0) is 6.54 Å². The average Bonchev–Trinajstić information content (AvgIpc) is 2.57. The first-order valence-electron chi connectivity index (χ1n) is 4.90. The Kier molecular flexibility index (Phi) is 2.35. The van der Waals surface area contributed by atoms with Gasteiger partial charge in [-0.25, -0.2) is 4.68 Å². The number of nitrogens with two attached hydrogens (primary N) is 1. The molecule has 0 fully saturated rings. The summed E-state index contributed by atoms with van der Waals surface area (Å²) in [6, 6.07) is 5.67. The molecule has 0 radical (unpaired) electrons. The molecule has 4 heteroatoms. The number of nitrogens with zero attached hydrogens (tertiary/aromatic N) is 3. The lowest BCUT2D eigenvalue weighted by Gasteiger charge is -2.00. The van der Waals surface area contributed by atoms with Crippen LogP contribution in [0, 0.1) is 0 Å². The van der Waals surface area contributed by atoms with E-state index in [-0.39, 0.29) is 0 Å². The maximum atomic E-state index is 5.71. The van der Waals surface area contributed by atoms with Crippen molar-refractivity contribution in [2.75, 3.05) is 5.73 Å². The molecule has 0 bridgehead atoms. The number of unbranched alkanes of at least 4 members (excludes halogenated alkanes) is 1. The fourth-order valence-electron chi connectivity index (χ4n) is 1.46. The van der Waals surface area contributed by atoms with E-state index in [1.54, 1.807) is 0 Å². The molecule has 1 heterocycles. The second kappa shape index (κ2) is 3.65. The van der Waals surface area contributed by atoms with Crippen molar-refractivity contribution in [1.82, 2.24) is 15.0 Å². The van der Waals surface area contributed by atoms with Gasteiger partial charge in [-0.05, 0) is 24.6 Å². The number of aryl methyl sites for hydroxylation is 1. The summed E-state index contributed by atoms with van der Waals surface area (Å²) >= 11 is 0. The van der Waals surface area contributed by atoms with E-state index in [4.69, 9.17) is 5.73 Å². The Labute approximate surface area is 82.7 Å². The van der Waals surface area contributed by atoms with Crippen LogP contribution >= 0.6 is 0 Å². The van der Waals surface area contributed by atoms with Gasteiger partial charge in [-0.15, -0.1) is 5.10 Å². The van der Waals surface area contributed by atoms with Crippen LogP contribution in [0.1, 0.15) is 19.8 Å². The highest BCUT2D eigenvalue weighted by Crippen LogP contribution is 2.14. The van der Waals surface area contributed by atoms with Crippen molar-refractivity contribution in [3.8, 4) is 0 Å². The molecule has 0 saturated carbocycles. The van der Waals surface area contributed by atoms with Crippen molar-refractivity contribution in [3.63, 3.8) is 0 Å². The van der Waals surface area contributed by atoms with Crippen LogP contribution in [0.5, 0.6) is 0 Å². The molecule has 0 amide bonds. The van der Waals surface area contributed by atoms with Crippen molar-refractivity contribution in [3.05, 3.63) is 18.2 Å². The number of hydrogen-bond acceptors (Lipinski definition) is 3. The minimum atomic E-state index is 0.762. The molecule has 0 saturated heterocycles. The predicted octanol–water partition coefficient (Wildman–Crippen LogP) is 1.81. The largest absolute Gasteiger partial charge is 0.399 e. The van der Waals surface area contributed by atoms with Gasteiger partial charge in [0.25, 0.3) is 0 Å². The minimum Gasteiger partial charge on any atom is -0.399 e. The summed E-state index contributed by atoms with van der Waals surface area (Å²) < 4.78 is 1.91. The SMILES string of the molecule is CCCCn1nnc2ccc(N)cc21. The van der Waals surface area contributed by atoms with Crippen molar-refractivity contribution in [2.24, 2.45) is 0 Å². The number of anilines is 1. The Morgan fingerprint density at radius 3 is 3.07 bits per heavy atom. The van der Waals surface area contributed by atoms with Gasteiger partial charge in [0, 0.05) is 12.2 Å². The van der Waals surface area contributed by atoms with E-state index in [1.165, 1.54) is 0 Å². The zero-order chi connectivity index (χ0) is 9.97. The molecule has 14 heavy (non-hydrogen) atoms. The molecular weight excluding hydrogens is 176 g/mol. The third kappa shape index (κ3) is 1.55. The lowest BCUT2D eigenvalue weighted by Crippen LogP contribution is -1.99. The molecule has 0 aliphatic rings. The van der Waals surface area contributed by atoms with Crippen molar-refractivity contribution in [1.29, 1.82) is 0 Å². The lowest BCUT2D eigenvalue weighted by atomic mass is 10.2. The zero-order valence-corrected chi connectivity index (χ0v) is 8.27. The molecule has 2 N–H and O–H groups in total. The summed E-state index contributed by atoms with van der Waals surface area (Å²) in [5, 5.41) is 8.16. The van der Waals surface area contributed by atoms with Gasteiger partial charge in [-0.3, -0.25) is 0 Å². The third-order valence-corrected chi connectivity index (χ3v) is 2.26. The van der Waals surface area contributed by atoms with Crippen LogP contribution in [0.2, 0.25) is 0 Å². The van der Waals surface area contributed by atoms with Crippen LogP contribution in [0.15, 0.2) is 18.2 Å². The van der Waals surface area contributed by atoms with E-state index in [2.05, 4.69) is 17.2 Å². The van der Waals surface area contributed by atoms with Crippen LogP contribution < -0.4 is 5.73 Å². The highest BCUT2D eigenvalue weighted by Gasteiger charge is 2.03. The number of benzene rings is 1. The molecule has 2 rings (SSSR count). The maximum Gasteiger partial charge on any atom is 0.113 e. The second-order valence-corrected chi connectivity index (χ2v) is 3.41. The van der Waals surface area contributed by atoms with E-state index in [0.717, 1.165) is 36.1 Å². The molecule has 1 aromatic carbocycles. The topological polar surface area (TPSA) is 56.7 Å². The number of rotatable bonds is 3. The van der Waals surface area contributed by atoms with Crippen molar-refractivity contribution in [2.45, 2.75) is 26.3 Å². The van der Waals surface area contributed by atoms with Crippen LogP contribution in [0.4, 0.5) is 5.69 Å². The normalized spacial score (nSPS) is 10.9. The standard InChI is InChI=1S/C10H14N4/c1-2-3-6-14-10-7-8(11)4-5-9(10)12-13-14/h4-5,7H,2-3,6,11H2,1H3. The second-order valence-electron chi connectivity index (χ2n) is 3.41. The molecule has 0 aliphatic carbocycles. The van der Waals surface area contributed by atoms with E-state index in [0.29, 0.717) is 0 Å². The van der Waals surface area contributed by atoms with Gasteiger partial charge in [0.1, 0.15) is 5.52 Å². The zero-order valence-electron chi connectivity index (χ0n) is 8.27. The number of aromatic nitrogens is 3. The average molecular weight is 190 g/mol. The minimum absolute atomic E-state index is 0.762. The smallest absolute Gasteiger partial charge is 0.113 e. The van der Waals surface area contributed by atoms with Gasteiger partial charge < -0.3 is 5.73 Å². The van der Waals surface area contributed by atoms with Gasteiger partial charge in [-0.2, -0.15) is 0 Å². The van der Waals surface area contributed by atoms with Crippen LogP contribution in [0.25, 0.3) is 11.0 Å². The fourth-order valence-corrected chi connectivity index (χ4v) is 1.46. The van der Waals surface area contributed by atoms with Crippen molar-refractivity contribution < 1.29 is 0 Å². The first kappa shape index (κ1) is 8.99. The highest BCUT2D eigenvalue weighted by molar-refractivity contribution is 5.77. The summed E-state index contributed by atoms with van der Waals surface area (Å²) in [4.78, 5) is 0. The van der Waals surface area contributed by atoms with E-state index in [1.807, 2.05) is 22.9 Å². The Bertz CT molecular complexity index is 433. The molecule has 1 aromatic heterocycles. The molecular formula is C10H14N4. The molecule has 0 spiro atoms. The molecule has 4 nitrogen and oxygen atoms in total.